The number of nitrogens with zero attached hydrogens (tertiary/aromatic N) is 2. The van der Waals surface area contributed by atoms with Gasteiger partial charge >= 0.3 is 5.97 Å². The number of halogens is 2. The smallest absolute Gasteiger partial charge is 0.335 e. The Bertz CT molecular complexity index is 1430. The molecule has 0 atom stereocenters. The van der Waals surface area contributed by atoms with Crippen LogP contribution < -0.4 is 9.47 Å². The molecule has 3 aromatic carbocycles. The van der Waals surface area contributed by atoms with Gasteiger partial charge in [-0.3, -0.25) is 9.69 Å². The Morgan fingerprint density at radius 2 is 1.95 bits per heavy atom. The van der Waals surface area contributed by atoms with Crippen molar-refractivity contribution in [1.82, 2.24) is 4.90 Å². The minimum atomic E-state index is -1.05. The molecule has 0 aliphatic carbocycles. The maximum Gasteiger partial charge on any atom is 0.335 e. The molecule has 0 saturated carbocycles. The van der Waals surface area contributed by atoms with Gasteiger partial charge in [-0.05, 0) is 89.3 Å². The molecule has 0 spiro atoms. The van der Waals surface area contributed by atoms with Crippen LogP contribution in [0, 0.1) is 9.39 Å². The Hall–Kier alpha value is -3.38. The predicted octanol–water partition coefficient (Wildman–Crippen LogP) is 6.34. The Balaban J connectivity index is 1.60. The molecule has 4 rings (SSSR count). The number of benzene rings is 3. The third kappa shape index (κ3) is 6.31. The van der Waals surface area contributed by atoms with E-state index >= 15 is 0 Å². The molecule has 190 valence electrons. The van der Waals surface area contributed by atoms with E-state index in [1.54, 1.807) is 49.5 Å². The summed E-state index contributed by atoms with van der Waals surface area (Å²) in [6.07, 6.45) is 1.74. The summed E-state index contributed by atoms with van der Waals surface area (Å²) < 4.78 is 26.5. The average molecular weight is 632 g/mol. The fourth-order valence-corrected chi connectivity index (χ4v) is 5.23. The van der Waals surface area contributed by atoms with Crippen LogP contribution in [0.5, 0.6) is 11.5 Å². The molecular weight excluding hydrogens is 610 g/mol. The van der Waals surface area contributed by atoms with Crippen LogP contribution in [0.15, 0.2) is 70.6 Å². The highest BCUT2D eigenvalue weighted by atomic mass is 127. The number of carbonyl (C=O) groups is 2. The summed E-state index contributed by atoms with van der Waals surface area (Å²) in [6, 6.07) is 16.3. The van der Waals surface area contributed by atoms with E-state index in [4.69, 9.17) is 9.47 Å². The molecule has 0 unspecified atom stereocenters. The Morgan fingerprint density at radius 1 is 1.16 bits per heavy atom. The van der Waals surface area contributed by atoms with E-state index in [-0.39, 0.29) is 23.9 Å². The number of hydrogen-bond acceptors (Lipinski definition) is 6. The summed E-state index contributed by atoms with van der Waals surface area (Å²) in [7, 11) is 1.62. The van der Waals surface area contributed by atoms with Crippen LogP contribution in [-0.2, 0) is 11.4 Å². The van der Waals surface area contributed by atoms with Gasteiger partial charge in [-0.15, -0.1) is 0 Å². The van der Waals surface area contributed by atoms with E-state index in [1.807, 2.05) is 13.0 Å². The van der Waals surface area contributed by atoms with E-state index in [0.29, 0.717) is 39.4 Å². The number of hydrogen-bond donors (Lipinski definition) is 1. The number of amidine groups is 1. The first-order valence-corrected chi connectivity index (χ1v) is 13.1. The quantitative estimate of drug-likeness (QED) is 0.231. The van der Waals surface area contributed by atoms with Gasteiger partial charge in [0.15, 0.2) is 16.7 Å². The molecule has 0 radical (unpaired) electrons. The van der Waals surface area contributed by atoms with Gasteiger partial charge < -0.3 is 14.6 Å². The number of aromatic carboxylic acids is 1. The van der Waals surface area contributed by atoms with Crippen LogP contribution in [0.2, 0.25) is 0 Å². The SMILES string of the molecule is CCOc1cc(C=C2SC(=Nc3cccc(C(=O)O)c3)N(C)C2=O)cc(I)c1OCc1ccccc1F. The van der Waals surface area contributed by atoms with E-state index in [9.17, 15) is 19.1 Å². The van der Waals surface area contributed by atoms with E-state index in [0.717, 1.165) is 9.13 Å². The minimum Gasteiger partial charge on any atom is -0.490 e. The van der Waals surface area contributed by atoms with Crippen LogP contribution in [0.25, 0.3) is 6.08 Å². The number of carbonyl (C=O) groups excluding carboxylic acids is 1. The second-order valence-electron chi connectivity index (χ2n) is 7.87. The monoisotopic (exact) mass is 632 g/mol. The third-order valence-electron chi connectivity index (χ3n) is 5.28. The second-order valence-corrected chi connectivity index (χ2v) is 10.0. The zero-order valence-corrected chi connectivity index (χ0v) is 22.9. The highest BCUT2D eigenvalue weighted by molar-refractivity contribution is 14.1. The van der Waals surface area contributed by atoms with Crippen LogP contribution in [0.4, 0.5) is 10.1 Å². The lowest BCUT2D eigenvalue weighted by Gasteiger charge is -2.15. The van der Waals surface area contributed by atoms with Gasteiger partial charge in [0, 0.05) is 12.6 Å². The van der Waals surface area contributed by atoms with Crippen molar-refractivity contribution in [2.24, 2.45) is 4.99 Å². The Kier molecular flexibility index (Phi) is 8.49. The molecule has 1 aliphatic heterocycles. The molecule has 1 aliphatic rings. The number of thioether (sulfide) groups is 1. The van der Waals surface area contributed by atoms with E-state index < -0.39 is 5.97 Å². The van der Waals surface area contributed by atoms with Crippen molar-refractivity contribution in [3.8, 4) is 11.5 Å². The van der Waals surface area contributed by atoms with Gasteiger partial charge in [0.2, 0.25) is 0 Å². The molecule has 37 heavy (non-hydrogen) atoms. The lowest BCUT2D eigenvalue weighted by molar-refractivity contribution is -0.121. The standard InChI is InChI=1S/C27H22FIN2O5S/c1-3-35-22-12-16(11-21(29)24(22)36-15-18-7-4-5-10-20(18)28)13-23-25(32)31(2)27(37-23)30-19-9-6-8-17(14-19)26(33)34/h4-14H,3,15H2,1-2H3,(H,33,34). The fourth-order valence-electron chi connectivity index (χ4n) is 3.46. The molecule has 3 aromatic rings. The number of ether oxygens (including phenoxy) is 2. The largest absolute Gasteiger partial charge is 0.490 e. The van der Waals surface area contributed by atoms with Gasteiger partial charge in [0.05, 0.1) is 26.3 Å². The van der Waals surface area contributed by atoms with Crippen LogP contribution in [-0.4, -0.2) is 40.7 Å². The second kappa shape index (κ2) is 11.8. The summed E-state index contributed by atoms with van der Waals surface area (Å²) in [5, 5.41) is 9.65. The summed E-state index contributed by atoms with van der Waals surface area (Å²) in [5.41, 5.74) is 1.71. The summed E-state index contributed by atoms with van der Waals surface area (Å²) in [4.78, 5) is 30.5. The van der Waals surface area contributed by atoms with Crippen LogP contribution in [0.3, 0.4) is 0 Å². The summed E-state index contributed by atoms with van der Waals surface area (Å²) >= 11 is 3.32. The van der Waals surface area contributed by atoms with Crippen molar-refractivity contribution in [2.45, 2.75) is 13.5 Å². The Labute approximate surface area is 231 Å². The molecule has 7 nitrogen and oxygen atoms in total. The molecule has 1 amide bonds. The van der Waals surface area contributed by atoms with Crippen molar-refractivity contribution >= 4 is 63.2 Å². The van der Waals surface area contributed by atoms with Gasteiger partial charge in [-0.1, -0.05) is 24.3 Å². The normalized spacial score (nSPS) is 15.5. The zero-order valence-electron chi connectivity index (χ0n) is 19.9. The average Bonchev–Trinajstić information content (AvgIpc) is 3.12. The molecule has 0 bridgehead atoms. The van der Waals surface area contributed by atoms with Crippen LogP contribution >= 0.6 is 34.4 Å². The van der Waals surface area contributed by atoms with Gasteiger partial charge in [0.25, 0.3) is 5.91 Å². The minimum absolute atomic E-state index is 0.0468. The van der Waals surface area contributed by atoms with Crippen molar-refractivity contribution in [1.29, 1.82) is 0 Å². The molecule has 1 saturated heterocycles. The topological polar surface area (TPSA) is 88.4 Å². The first-order chi connectivity index (χ1) is 17.8. The van der Waals surface area contributed by atoms with E-state index in [2.05, 4.69) is 27.6 Å². The first-order valence-electron chi connectivity index (χ1n) is 11.2. The highest BCUT2D eigenvalue weighted by Gasteiger charge is 2.30. The van der Waals surface area contributed by atoms with Gasteiger partial charge in [-0.25, -0.2) is 14.2 Å². The van der Waals surface area contributed by atoms with Crippen LogP contribution in [0.1, 0.15) is 28.4 Å². The maximum atomic E-state index is 14.0. The predicted molar refractivity (Wildman–Crippen MR) is 150 cm³/mol. The van der Waals surface area contributed by atoms with E-state index in [1.165, 1.54) is 34.9 Å². The molecular formula is C27H22FIN2O5S. The van der Waals surface area contributed by atoms with Gasteiger partial charge in [-0.2, -0.15) is 0 Å². The molecule has 0 aromatic heterocycles. The fraction of sp³-hybridized carbons (Fsp3) is 0.148. The van der Waals surface area contributed by atoms with Crippen molar-refractivity contribution in [3.05, 3.63) is 91.6 Å². The third-order valence-corrected chi connectivity index (χ3v) is 7.14. The Morgan fingerprint density at radius 3 is 2.68 bits per heavy atom. The number of rotatable bonds is 8. The van der Waals surface area contributed by atoms with Crippen molar-refractivity contribution in [2.75, 3.05) is 13.7 Å². The van der Waals surface area contributed by atoms with Crippen molar-refractivity contribution < 1.29 is 28.6 Å². The summed E-state index contributed by atoms with van der Waals surface area (Å²) in [6.45, 7) is 2.30. The molecule has 1 N–H and O–H groups in total. The molecule has 1 fully saturated rings. The molecule has 1 heterocycles. The van der Waals surface area contributed by atoms with Gasteiger partial charge in [0.1, 0.15) is 12.4 Å². The van der Waals surface area contributed by atoms with Crippen molar-refractivity contribution in [3.63, 3.8) is 0 Å². The number of carboxylic acids is 1. The lowest BCUT2D eigenvalue weighted by atomic mass is 10.1. The number of amides is 1. The highest BCUT2D eigenvalue weighted by Crippen LogP contribution is 2.38. The zero-order chi connectivity index (χ0) is 26.5. The maximum absolute atomic E-state index is 14.0. The molecule has 10 heteroatoms. The summed E-state index contributed by atoms with van der Waals surface area (Å²) in [5.74, 6) is -0.639. The number of carboxylic acid groups (broad SMARTS) is 1. The first kappa shape index (κ1) is 26.7. The number of likely N-dealkylation sites (N-methyl/N-ethyl adjacent to an activating group) is 1. The lowest BCUT2D eigenvalue weighted by Crippen LogP contribution is -2.23. The number of aliphatic imine (C=N–C) groups is 1.